The highest BCUT2D eigenvalue weighted by molar-refractivity contribution is 6.14. The molecular weight excluding hydrogens is 408 g/mol. The molecule has 0 spiro atoms. The zero-order valence-corrected chi connectivity index (χ0v) is 17.6. The maximum Gasteiger partial charge on any atom is 0.344 e. The van der Waals surface area contributed by atoms with Crippen LogP contribution >= 0.6 is 0 Å². The van der Waals surface area contributed by atoms with Gasteiger partial charge in [-0.15, -0.1) is 0 Å². The molecule has 0 amide bonds. The lowest BCUT2D eigenvalue weighted by Gasteiger charge is -2.08. The third-order valence-electron chi connectivity index (χ3n) is 4.73. The van der Waals surface area contributed by atoms with Gasteiger partial charge in [0.05, 0.1) is 12.2 Å². The van der Waals surface area contributed by atoms with Gasteiger partial charge in [-0.2, -0.15) is 0 Å². The summed E-state index contributed by atoms with van der Waals surface area (Å²) in [4.78, 5) is 24.6. The molecule has 0 radical (unpaired) electrons. The molecule has 1 heterocycles. The second kappa shape index (κ2) is 9.83. The number of hydrogen-bond donors (Lipinski definition) is 0. The van der Waals surface area contributed by atoms with Crippen molar-refractivity contribution in [3.8, 4) is 17.2 Å². The van der Waals surface area contributed by atoms with Gasteiger partial charge in [-0.3, -0.25) is 4.79 Å². The van der Waals surface area contributed by atoms with Crippen LogP contribution in [-0.2, 0) is 16.1 Å². The molecule has 4 rings (SSSR count). The Bertz CT molecular complexity index is 1130. The van der Waals surface area contributed by atoms with Crippen LogP contribution in [0, 0.1) is 0 Å². The van der Waals surface area contributed by atoms with Crippen LogP contribution in [0.4, 0.5) is 0 Å². The van der Waals surface area contributed by atoms with E-state index in [0.717, 1.165) is 16.9 Å². The number of carbonyl (C=O) groups excluding carboxylic acids is 2. The first-order valence-corrected chi connectivity index (χ1v) is 10.3. The first-order chi connectivity index (χ1) is 15.6. The van der Waals surface area contributed by atoms with Crippen molar-refractivity contribution in [1.29, 1.82) is 0 Å². The van der Waals surface area contributed by atoms with Crippen molar-refractivity contribution >= 4 is 17.8 Å². The summed E-state index contributed by atoms with van der Waals surface area (Å²) >= 11 is 0. The molecule has 0 fully saturated rings. The van der Waals surface area contributed by atoms with Crippen LogP contribution in [0.1, 0.15) is 28.4 Å². The molecule has 1 aliphatic rings. The van der Waals surface area contributed by atoms with Gasteiger partial charge in [0.1, 0.15) is 23.9 Å². The van der Waals surface area contributed by atoms with Gasteiger partial charge in [0.15, 0.2) is 12.4 Å². The molecule has 0 unspecified atom stereocenters. The second-order valence-corrected chi connectivity index (χ2v) is 7.03. The van der Waals surface area contributed by atoms with Crippen molar-refractivity contribution in [2.75, 3.05) is 13.2 Å². The van der Waals surface area contributed by atoms with Crippen LogP contribution in [0.2, 0.25) is 0 Å². The van der Waals surface area contributed by atoms with E-state index in [-0.39, 0.29) is 24.8 Å². The van der Waals surface area contributed by atoms with E-state index in [2.05, 4.69) is 0 Å². The van der Waals surface area contributed by atoms with E-state index < -0.39 is 5.97 Å². The number of esters is 1. The van der Waals surface area contributed by atoms with E-state index in [0.29, 0.717) is 23.7 Å². The van der Waals surface area contributed by atoms with E-state index in [9.17, 15) is 9.59 Å². The highest BCUT2D eigenvalue weighted by Crippen LogP contribution is 2.35. The molecular formula is C26H22O6. The van der Waals surface area contributed by atoms with Crippen LogP contribution < -0.4 is 14.2 Å². The second-order valence-electron chi connectivity index (χ2n) is 7.03. The lowest BCUT2D eigenvalue weighted by molar-refractivity contribution is -0.147. The zero-order valence-electron chi connectivity index (χ0n) is 17.6. The Morgan fingerprint density at radius 1 is 0.938 bits per heavy atom. The molecule has 0 N–H and O–H groups in total. The summed E-state index contributed by atoms with van der Waals surface area (Å²) < 4.78 is 21.9. The smallest absolute Gasteiger partial charge is 0.344 e. The van der Waals surface area contributed by atoms with Gasteiger partial charge in [-0.05, 0) is 48.4 Å². The average Bonchev–Trinajstić information content (AvgIpc) is 3.13. The fourth-order valence-electron chi connectivity index (χ4n) is 3.16. The Labute approximate surface area is 186 Å². The predicted octanol–water partition coefficient (Wildman–Crippen LogP) is 4.82. The molecule has 1 aliphatic heterocycles. The molecule has 162 valence electrons. The Morgan fingerprint density at radius 3 is 2.44 bits per heavy atom. The molecule has 0 aromatic heterocycles. The van der Waals surface area contributed by atoms with Crippen LogP contribution in [-0.4, -0.2) is 25.0 Å². The molecule has 0 atom stereocenters. The minimum atomic E-state index is -0.484. The number of benzene rings is 3. The molecule has 0 saturated heterocycles. The quantitative estimate of drug-likeness (QED) is 0.377. The maximum absolute atomic E-state index is 12.6. The normalized spacial score (nSPS) is 13.4. The zero-order chi connectivity index (χ0) is 22.3. The number of fused-ring (bicyclic) bond motifs is 1. The molecule has 32 heavy (non-hydrogen) atoms. The summed E-state index contributed by atoms with van der Waals surface area (Å²) in [6.45, 7) is 2.45. The Hall–Kier alpha value is -4.06. The maximum atomic E-state index is 12.6. The lowest BCUT2D eigenvalue weighted by Crippen LogP contribution is -2.14. The monoisotopic (exact) mass is 430 g/mol. The number of rotatable bonds is 8. The fourth-order valence-corrected chi connectivity index (χ4v) is 3.16. The van der Waals surface area contributed by atoms with Crippen LogP contribution in [0.3, 0.4) is 0 Å². The third-order valence-corrected chi connectivity index (χ3v) is 4.73. The van der Waals surface area contributed by atoms with Gasteiger partial charge in [-0.25, -0.2) is 4.79 Å². The Balaban J connectivity index is 1.35. The lowest BCUT2D eigenvalue weighted by atomic mass is 10.1. The minimum absolute atomic E-state index is 0.185. The van der Waals surface area contributed by atoms with Crippen molar-refractivity contribution in [3.63, 3.8) is 0 Å². The predicted molar refractivity (Wildman–Crippen MR) is 119 cm³/mol. The first-order valence-electron chi connectivity index (χ1n) is 10.3. The number of Topliss-reactive ketones (excluding diaryl/α,β-unsaturated/α-hetero) is 1. The van der Waals surface area contributed by atoms with Crippen LogP contribution in [0.5, 0.6) is 17.2 Å². The number of ketones is 1. The van der Waals surface area contributed by atoms with Crippen LogP contribution in [0.15, 0.2) is 78.6 Å². The van der Waals surface area contributed by atoms with Gasteiger partial charge >= 0.3 is 5.97 Å². The van der Waals surface area contributed by atoms with Crippen LogP contribution in [0.25, 0.3) is 6.08 Å². The Morgan fingerprint density at radius 2 is 1.69 bits per heavy atom. The number of hydrogen-bond acceptors (Lipinski definition) is 6. The summed E-state index contributed by atoms with van der Waals surface area (Å²) in [6.07, 6.45) is 1.68. The summed E-state index contributed by atoms with van der Waals surface area (Å²) in [5.74, 6) is 1.10. The van der Waals surface area contributed by atoms with Crippen molar-refractivity contribution in [2.24, 2.45) is 0 Å². The summed E-state index contributed by atoms with van der Waals surface area (Å²) in [5, 5.41) is 0. The molecule has 0 aliphatic carbocycles. The first kappa shape index (κ1) is 21.2. The van der Waals surface area contributed by atoms with Gasteiger partial charge in [-0.1, -0.05) is 42.5 Å². The van der Waals surface area contributed by atoms with Gasteiger partial charge < -0.3 is 18.9 Å². The molecule has 3 aromatic carbocycles. The SMILES string of the molecule is CCOc1ccc(/C=C2\Oc3cc(OCC(=O)OCc4ccccc4)ccc3C2=O)cc1. The largest absolute Gasteiger partial charge is 0.494 e. The molecule has 0 saturated carbocycles. The van der Waals surface area contributed by atoms with E-state index in [1.165, 1.54) is 0 Å². The van der Waals surface area contributed by atoms with Gasteiger partial charge in [0, 0.05) is 6.07 Å². The summed E-state index contributed by atoms with van der Waals surface area (Å²) in [7, 11) is 0. The van der Waals surface area contributed by atoms with E-state index in [1.807, 2.05) is 61.5 Å². The molecule has 3 aromatic rings. The molecule has 6 nitrogen and oxygen atoms in total. The topological polar surface area (TPSA) is 71.1 Å². The van der Waals surface area contributed by atoms with E-state index in [4.69, 9.17) is 18.9 Å². The van der Waals surface area contributed by atoms with E-state index >= 15 is 0 Å². The number of carbonyl (C=O) groups is 2. The van der Waals surface area contributed by atoms with Crippen molar-refractivity contribution in [2.45, 2.75) is 13.5 Å². The van der Waals surface area contributed by atoms with Crippen molar-refractivity contribution in [3.05, 3.63) is 95.2 Å². The highest BCUT2D eigenvalue weighted by atomic mass is 16.6. The standard InChI is InChI=1S/C26H22O6/c1-2-29-20-10-8-18(9-11-20)14-24-26(28)22-13-12-21(15-23(22)32-24)30-17-25(27)31-16-19-6-4-3-5-7-19/h3-15H,2,16-17H2,1H3/b24-14-. The van der Waals surface area contributed by atoms with Gasteiger partial charge in [0.2, 0.25) is 5.78 Å². The van der Waals surface area contributed by atoms with Crippen molar-refractivity contribution in [1.82, 2.24) is 0 Å². The molecule has 0 bridgehead atoms. The minimum Gasteiger partial charge on any atom is -0.494 e. The van der Waals surface area contributed by atoms with Gasteiger partial charge in [0.25, 0.3) is 0 Å². The summed E-state index contributed by atoms with van der Waals surface area (Å²) in [5.41, 5.74) is 2.17. The molecule has 6 heteroatoms. The fraction of sp³-hybridized carbons (Fsp3) is 0.154. The van der Waals surface area contributed by atoms with E-state index in [1.54, 1.807) is 24.3 Å². The number of ether oxygens (including phenoxy) is 4. The summed E-state index contributed by atoms with van der Waals surface area (Å²) in [6, 6.07) is 21.6. The third kappa shape index (κ3) is 5.16. The highest BCUT2D eigenvalue weighted by Gasteiger charge is 2.27. The van der Waals surface area contributed by atoms with Crippen molar-refractivity contribution < 1.29 is 28.5 Å². The Kier molecular flexibility index (Phi) is 6.51. The number of allylic oxidation sites excluding steroid dienone is 1. The average molecular weight is 430 g/mol.